The van der Waals surface area contributed by atoms with E-state index in [4.69, 9.17) is 4.74 Å². The molecule has 1 unspecified atom stereocenters. The molecule has 1 aromatic carbocycles. The van der Waals surface area contributed by atoms with Crippen LogP contribution in [-0.2, 0) is 4.79 Å². The summed E-state index contributed by atoms with van der Waals surface area (Å²) < 4.78 is 6.82. The number of ether oxygens (including phenoxy) is 1. The molecule has 0 bridgehead atoms. The number of carbonyl (C=O) groups is 1. The molecular formula is C19H18N6O2. The topological polar surface area (TPSA) is 94.0 Å². The Labute approximate surface area is 155 Å². The number of nitrogens with zero attached hydrogens (tertiary/aromatic N) is 4. The lowest BCUT2D eigenvalue weighted by Gasteiger charge is -2.28. The second-order valence-corrected chi connectivity index (χ2v) is 6.03. The van der Waals surface area contributed by atoms with E-state index in [0.717, 1.165) is 5.75 Å². The second kappa shape index (κ2) is 6.91. The smallest absolute Gasteiger partial charge is 0.255 e. The number of methoxy groups -OCH3 is 1. The standard InChI is InChI=1S/C19H18N6O2/c1-12-16(18(26)24-13-6-8-14(27-2)9-7-13)17(15-5-3-4-10-20-15)25-19(23-12)21-11-22-25/h3-11,17H,1-2H3,(H,24,26)(H,21,22,23). The predicted molar refractivity (Wildman–Crippen MR) is 100 cm³/mol. The van der Waals surface area contributed by atoms with Gasteiger partial charge in [0.2, 0.25) is 5.95 Å². The van der Waals surface area contributed by atoms with Crippen molar-refractivity contribution >= 4 is 17.5 Å². The van der Waals surface area contributed by atoms with Crippen LogP contribution in [-0.4, -0.2) is 32.8 Å². The van der Waals surface area contributed by atoms with Gasteiger partial charge in [0.25, 0.3) is 5.91 Å². The number of amides is 1. The van der Waals surface area contributed by atoms with Crippen LogP contribution >= 0.6 is 0 Å². The molecule has 3 aromatic rings. The molecule has 0 saturated carbocycles. The predicted octanol–water partition coefficient (Wildman–Crippen LogP) is 2.61. The molecule has 0 saturated heterocycles. The van der Waals surface area contributed by atoms with Crippen LogP contribution in [0.25, 0.3) is 0 Å². The van der Waals surface area contributed by atoms with E-state index in [1.165, 1.54) is 6.33 Å². The summed E-state index contributed by atoms with van der Waals surface area (Å²) in [5.41, 5.74) is 2.62. The second-order valence-electron chi connectivity index (χ2n) is 6.03. The minimum absolute atomic E-state index is 0.234. The first kappa shape index (κ1) is 16.8. The van der Waals surface area contributed by atoms with Gasteiger partial charge in [-0.3, -0.25) is 9.78 Å². The Hall–Kier alpha value is -3.68. The van der Waals surface area contributed by atoms with Crippen molar-refractivity contribution in [2.45, 2.75) is 13.0 Å². The molecule has 0 fully saturated rings. The highest BCUT2D eigenvalue weighted by atomic mass is 16.5. The average molecular weight is 362 g/mol. The van der Waals surface area contributed by atoms with Crippen LogP contribution in [0.1, 0.15) is 18.7 Å². The minimum Gasteiger partial charge on any atom is -0.497 e. The van der Waals surface area contributed by atoms with E-state index in [1.54, 1.807) is 42.3 Å². The number of allylic oxidation sites excluding steroid dienone is 1. The van der Waals surface area contributed by atoms with Gasteiger partial charge >= 0.3 is 0 Å². The normalized spacial score (nSPS) is 15.7. The lowest BCUT2D eigenvalue weighted by atomic mass is 9.98. The molecule has 2 aromatic heterocycles. The molecule has 27 heavy (non-hydrogen) atoms. The number of aromatic nitrogens is 4. The summed E-state index contributed by atoms with van der Waals surface area (Å²) >= 11 is 0. The van der Waals surface area contributed by atoms with Crippen molar-refractivity contribution in [3.8, 4) is 5.75 Å². The molecule has 0 spiro atoms. The van der Waals surface area contributed by atoms with Gasteiger partial charge in [-0.2, -0.15) is 10.1 Å². The average Bonchev–Trinajstić information content (AvgIpc) is 3.16. The zero-order valence-electron chi connectivity index (χ0n) is 14.9. The Balaban J connectivity index is 1.70. The quantitative estimate of drug-likeness (QED) is 0.741. The van der Waals surface area contributed by atoms with Gasteiger partial charge < -0.3 is 15.4 Å². The molecule has 4 rings (SSSR count). The largest absolute Gasteiger partial charge is 0.497 e. The number of nitrogens with one attached hydrogen (secondary N) is 2. The SMILES string of the molecule is COc1ccc(NC(=O)C2=C(C)Nc3ncnn3C2c2ccccn2)cc1. The summed E-state index contributed by atoms with van der Waals surface area (Å²) in [6.45, 7) is 1.84. The van der Waals surface area contributed by atoms with Crippen LogP contribution in [0.15, 0.2) is 66.3 Å². The fourth-order valence-corrected chi connectivity index (χ4v) is 3.07. The molecule has 0 aliphatic carbocycles. The van der Waals surface area contributed by atoms with Gasteiger partial charge in [-0.1, -0.05) is 6.07 Å². The number of carbonyl (C=O) groups excluding carboxylic acids is 1. The number of fused-ring (bicyclic) bond motifs is 1. The lowest BCUT2D eigenvalue weighted by Crippen LogP contribution is -2.32. The molecule has 3 heterocycles. The Kier molecular flexibility index (Phi) is 4.29. The maximum atomic E-state index is 13.1. The van der Waals surface area contributed by atoms with Crippen molar-refractivity contribution in [3.05, 3.63) is 72.0 Å². The molecule has 136 valence electrons. The van der Waals surface area contributed by atoms with E-state index >= 15 is 0 Å². The molecular weight excluding hydrogens is 344 g/mol. The van der Waals surface area contributed by atoms with E-state index in [9.17, 15) is 4.79 Å². The third kappa shape index (κ3) is 3.12. The summed E-state index contributed by atoms with van der Waals surface area (Å²) in [5.74, 6) is 1.06. The first-order valence-electron chi connectivity index (χ1n) is 8.41. The molecule has 1 aliphatic heterocycles. The molecule has 8 nitrogen and oxygen atoms in total. The Morgan fingerprint density at radius 1 is 1.19 bits per heavy atom. The van der Waals surface area contributed by atoms with Crippen LogP contribution < -0.4 is 15.4 Å². The number of hydrogen-bond donors (Lipinski definition) is 2. The van der Waals surface area contributed by atoms with Crippen LogP contribution in [0.2, 0.25) is 0 Å². The summed E-state index contributed by atoms with van der Waals surface area (Å²) in [7, 11) is 1.60. The summed E-state index contributed by atoms with van der Waals surface area (Å²) in [6.07, 6.45) is 3.15. The minimum atomic E-state index is -0.469. The Morgan fingerprint density at radius 2 is 2.00 bits per heavy atom. The Bertz CT molecular complexity index is 995. The fraction of sp³-hybridized carbons (Fsp3) is 0.158. The third-order valence-corrected chi connectivity index (χ3v) is 4.35. The summed E-state index contributed by atoms with van der Waals surface area (Å²) in [4.78, 5) is 21.8. The number of benzene rings is 1. The van der Waals surface area contributed by atoms with Crippen molar-refractivity contribution < 1.29 is 9.53 Å². The maximum Gasteiger partial charge on any atom is 0.255 e. The van der Waals surface area contributed by atoms with Crippen molar-refractivity contribution in [2.24, 2.45) is 0 Å². The third-order valence-electron chi connectivity index (χ3n) is 4.35. The van der Waals surface area contributed by atoms with Gasteiger partial charge in [-0.05, 0) is 43.3 Å². The molecule has 0 radical (unpaired) electrons. The number of anilines is 2. The van der Waals surface area contributed by atoms with Crippen molar-refractivity contribution in [1.29, 1.82) is 0 Å². The molecule has 8 heteroatoms. The van der Waals surface area contributed by atoms with Gasteiger partial charge in [0.15, 0.2) is 0 Å². The van der Waals surface area contributed by atoms with Crippen LogP contribution in [0.3, 0.4) is 0 Å². The molecule has 1 aliphatic rings. The maximum absolute atomic E-state index is 13.1. The van der Waals surface area contributed by atoms with Gasteiger partial charge in [0, 0.05) is 17.6 Å². The zero-order chi connectivity index (χ0) is 18.8. The van der Waals surface area contributed by atoms with Gasteiger partial charge in [0.05, 0.1) is 18.4 Å². The van der Waals surface area contributed by atoms with Gasteiger partial charge in [0.1, 0.15) is 18.1 Å². The van der Waals surface area contributed by atoms with Gasteiger partial charge in [-0.15, -0.1) is 0 Å². The highest BCUT2D eigenvalue weighted by molar-refractivity contribution is 6.05. The lowest BCUT2D eigenvalue weighted by molar-refractivity contribution is -0.113. The van der Waals surface area contributed by atoms with E-state index in [-0.39, 0.29) is 5.91 Å². The van der Waals surface area contributed by atoms with E-state index in [1.807, 2.05) is 25.1 Å². The molecule has 2 N–H and O–H groups in total. The highest BCUT2D eigenvalue weighted by Crippen LogP contribution is 2.34. The van der Waals surface area contributed by atoms with E-state index in [0.29, 0.717) is 28.6 Å². The first-order valence-corrected chi connectivity index (χ1v) is 8.41. The highest BCUT2D eigenvalue weighted by Gasteiger charge is 2.34. The summed E-state index contributed by atoms with van der Waals surface area (Å²) in [5, 5.41) is 10.4. The molecule has 1 atom stereocenters. The van der Waals surface area contributed by atoms with Crippen LogP contribution in [0.4, 0.5) is 11.6 Å². The monoisotopic (exact) mass is 362 g/mol. The number of rotatable bonds is 4. The van der Waals surface area contributed by atoms with Crippen LogP contribution in [0, 0.1) is 0 Å². The number of pyridine rings is 1. The van der Waals surface area contributed by atoms with Crippen molar-refractivity contribution in [2.75, 3.05) is 17.7 Å². The number of hydrogen-bond acceptors (Lipinski definition) is 6. The Morgan fingerprint density at radius 3 is 2.70 bits per heavy atom. The molecule has 1 amide bonds. The zero-order valence-corrected chi connectivity index (χ0v) is 14.9. The van der Waals surface area contributed by atoms with E-state index < -0.39 is 6.04 Å². The summed E-state index contributed by atoms with van der Waals surface area (Å²) in [6, 6.07) is 12.3. The van der Waals surface area contributed by atoms with Gasteiger partial charge in [-0.25, -0.2) is 4.68 Å². The van der Waals surface area contributed by atoms with E-state index in [2.05, 4.69) is 25.7 Å². The van der Waals surface area contributed by atoms with Crippen molar-refractivity contribution in [1.82, 2.24) is 19.7 Å². The fourth-order valence-electron chi connectivity index (χ4n) is 3.07. The first-order chi connectivity index (χ1) is 13.2. The van der Waals surface area contributed by atoms with Crippen molar-refractivity contribution in [3.63, 3.8) is 0 Å². The van der Waals surface area contributed by atoms with Crippen LogP contribution in [0.5, 0.6) is 5.75 Å².